The molecule has 1 aliphatic heterocycles. The van der Waals surface area contributed by atoms with Gasteiger partial charge >= 0.3 is 29.2 Å². The van der Waals surface area contributed by atoms with Crippen molar-refractivity contribution in [1.29, 1.82) is 0 Å². The van der Waals surface area contributed by atoms with E-state index in [1.807, 2.05) is 4.98 Å². The van der Waals surface area contributed by atoms with Gasteiger partial charge in [0.2, 0.25) is 0 Å². The fourth-order valence-electron chi connectivity index (χ4n) is 2.22. The van der Waals surface area contributed by atoms with Crippen molar-refractivity contribution in [2.45, 2.75) is 22.9 Å². The number of aliphatic hydroxyl groups excluding tert-OH is 1. The molecule has 172 valence electrons. The quantitative estimate of drug-likeness (QED) is 0.136. The molecule has 6 atom stereocenters. The molecular formula is C9H14BrN2O15P3. The van der Waals surface area contributed by atoms with Gasteiger partial charge in [-0.15, -0.1) is 0 Å². The molecule has 1 aromatic heterocycles. The van der Waals surface area contributed by atoms with Gasteiger partial charge in [0.1, 0.15) is 12.2 Å². The average molecular weight is 563 g/mol. The van der Waals surface area contributed by atoms with Crippen molar-refractivity contribution in [2.75, 3.05) is 6.61 Å². The lowest BCUT2D eigenvalue weighted by Crippen LogP contribution is -2.44. The molecule has 0 aromatic carbocycles. The SMILES string of the molecule is O=c1ccn([C@@H]2O[C@H](COP(=O)(O)OP(=O)(O)OP(=O)(O)O)[C@@H](O)[C@]2(O)Br)c(=O)[nH]1. The van der Waals surface area contributed by atoms with E-state index in [0.29, 0.717) is 4.57 Å². The Kier molecular flexibility index (Phi) is 7.51. The summed E-state index contributed by atoms with van der Waals surface area (Å²) in [6.45, 7) is -1.09. The van der Waals surface area contributed by atoms with Crippen LogP contribution in [-0.4, -0.2) is 62.7 Å². The second kappa shape index (κ2) is 8.77. The van der Waals surface area contributed by atoms with E-state index in [-0.39, 0.29) is 0 Å². The molecule has 1 aliphatic rings. The van der Waals surface area contributed by atoms with Crippen molar-refractivity contribution in [3.63, 3.8) is 0 Å². The minimum Gasteiger partial charge on any atom is -0.386 e. The van der Waals surface area contributed by atoms with Gasteiger partial charge in [0.05, 0.1) is 6.61 Å². The maximum absolute atomic E-state index is 11.9. The van der Waals surface area contributed by atoms with Gasteiger partial charge in [-0.25, -0.2) is 18.5 Å². The van der Waals surface area contributed by atoms with E-state index in [9.17, 15) is 38.4 Å². The first kappa shape index (κ1) is 25.7. The summed E-state index contributed by atoms with van der Waals surface area (Å²) in [5.74, 6) is 0. The van der Waals surface area contributed by atoms with Crippen molar-refractivity contribution < 1.29 is 61.4 Å². The van der Waals surface area contributed by atoms with Crippen LogP contribution in [0.25, 0.3) is 0 Å². The molecule has 0 bridgehead atoms. The summed E-state index contributed by atoms with van der Waals surface area (Å²) in [5, 5.41) is 20.5. The number of hydrogen-bond acceptors (Lipinski definition) is 11. The molecule has 21 heteroatoms. The average Bonchev–Trinajstić information content (AvgIpc) is 2.73. The number of nitrogens with one attached hydrogen (secondary N) is 1. The number of halogens is 1. The van der Waals surface area contributed by atoms with Gasteiger partial charge < -0.3 is 34.5 Å². The number of ether oxygens (including phenoxy) is 1. The molecule has 0 spiro atoms. The lowest BCUT2D eigenvalue weighted by Gasteiger charge is -2.25. The van der Waals surface area contributed by atoms with Crippen LogP contribution in [0.4, 0.5) is 0 Å². The van der Waals surface area contributed by atoms with E-state index in [1.165, 1.54) is 0 Å². The molecule has 30 heavy (non-hydrogen) atoms. The van der Waals surface area contributed by atoms with E-state index in [1.54, 1.807) is 0 Å². The molecule has 1 saturated heterocycles. The number of H-pyrrole nitrogens is 1. The third-order valence-corrected chi connectivity index (χ3v) is 8.00. The maximum Gasteiger partial charge on any atom is 0.490 e. The second-order valence-corrected chi connectivity index (χ2v) is 11.3. The van der Waals surface area contributed by atoms with Crippen molar-refractivity contribution >= 4 is 39.4 Å². The Morgan fingerprint density at radius 1 is 1.17 bits per heavy atom. The monoisotopic (exact) mass is 562 g/mol. The zero-order valence-electron chi connectivity index (χ0n) is 14.1. The molecule has 2 unspecified atom stereocenters. The van der Waals surface area contributed by atoms with Gasteiger partial charge in [-0.1, -0.05) is 0 Å². The van der Waals surface area contributed by atoms with Crippen molar-refractivity contribution in [3.05, 3.63) is 33.1 Å². The summed E-state index contributed by atoms with van der Waals surface area (Å²) >= 11 is 2.73. The van der Waals surface area contributed by atoms with Crippen LogP contribution in [0.5, 0.6) is 0 Å². The first-order chi connectivity index (χ1) is 13.4. The Balaban J connectivity index is 2.13. The van der Waals surface area contributed by atoms with E-state index in [0.717, 1.165) is 12.3 Å². The third kappa shape index (κ3) is 6.48. The number of alkyl halides is 1. The minimum absolute atomic E-state index is 0.671. The van der Waals surface area contributed by atoms with Crippen LogP contribution in [0.3, 0.4) is 0 Å². The molecule has 0 saturated carbocycles. The van der Waals surface area contributed by atoms with Gasteiger partial charge in [-0.05, 0) is 15.9 Å². The Morgan fingerprint density at radius 2 is 1.77 bits per heavy atom. The van der Waals surface area contributed by atoms with Gasteiger partial charge in [-0.3, -0.25) is 18.9 Å². The molecule has 7 N–H and O–H groups in total. The second-order valence-electron chi connectivity index (χ2n) is 5.60. The normalized spacial score (nSPS) is 31.2. The number of aliphatic hydroxyl groups is 2. The first-order valence-corrected chi connectivity index (χ1v) is 12.6. The highest BCUT2D eigenvalue weighted by Crippen LogP contribution is 2.66. The molecule has 1 aromatic rings. The van der Waals surface area contributed by atoms with Gasteiger partial charge in [0.25, 0.3) is 5.56 Å². The molecule has 17 nitrogen and oxygen atoms in total. The van der Waals surface area contributed by atoms with Crippen LogP contribution in [-0.2, 0) is 31.6 Å². The van der Waals surface area contributed by atoms with Crippen LogP contribution in [0.1, 0.15) is 6.23 Å². The van der Waals surface area contributed by atoms with Gasteiger partial charge in [0, 0.05) is 12.3 Å². The Labute approximate surface area is 173 Å². The van der Waals surface area contributed by atoms with E-state index < -0.39 is 64.3 Å². The first-order valence-electron chi connectivity index (χ1n) is 7.28. The highest BCUT2D eigenvalue weighted by molar-refractivity contribution is 9.10. The lowest BCUT2D eigenvalue weighted by atomic mass is 10.1. The number of phosphoric acid groups is 3. The highest BCUT2D eigenvalue weighted by Gasteiger charge is 2.56. The third-order valence-electron chi connectivity index (χ3n) is 3.34. The fraction of sp³-hybridized carbons (Fsp3) is 0.556. The number of nitrogens with zero attached hydrogens (tertiary/aromatic N) is 1. The Bertz CT molecular complexity index is 1050. The predicted molar refractivity (Wildman–Crippen MR) is 94.9 cm³/mol. The molecule has 1 fully saturated rings. The van der Waals surface area contributed by atoms with Crippen molar-refractivity contribution in [3.8, 4) is 0 Å². The van der Waals surface area contributed by atoms with Crippen molar-refractivity contribution in [1.82, 2.24) is 9.55 Å². The smallest absolute Gasteiger partial charge is 0.386 e. The molecule has 2 rings (SSSR count). The van der Waals surface area contributed by atoms with Crippen LogP contribution in [0.2, 0.25) is 0 Å². The van der Waals surface area contributed by atoms with E-state index in [4.69, 9.17) is 19.4 Å². The molecular weight excluding hydrogens is 549 g/mol. The van der Waals surface area contributed by atoms with Crippen LogP contribution in [0.15, 0.2) is 21.9 Å². The maximum atomic E-state index is 11.9. The van der Waals surface area contributed by atoms with Crippen LogP contribution in [0, 0.1) is 0 Å². The standard InChI is InChI=1S/C9H14BrN2O15P3/c10-9(16)6(14)4(25-7(9)12-2-1-5(13)11-8(12)15)3-24-29(20,21)27-30(22,23)26-28(17,18)19/h1-2,4,6-7,14,16H,3H2,(H,20,21)(H,22,23)(H,11,13,15)(H2,17,18,19)/t4-,6-,7-,9-/m1/s1. The molecule has 0 aliphatic carbocycles. The zero-order valence-corrected chi connectivity index (χ0v) is 18.4. The van der Waals surface area contributed by atoms with Crippen LogP contribution >= 0.6 is 39.4 Å². The van der Waals surface area contributed by atoms with Crippen molar-refractivity contribution in [2.24, 2.45) is 0 Å². The summed E-state index contributed by atoms with van der Waals surface area (Å²) < 4.78 is 48.4. The Hall–Kier alpha value is -0.550. The van der Waals surface area contributed by atoms with Gasteiger partial charge in [-0.2, -0.15) is 8.62 Å². The van der Waals surface area contributed by atoms with E-state index in [2.05, 4.69) is 29.1 Å². The fourth-order valence-corrected chi connectivity index (χ4v) is 5.87. The predicted octanol–water partition coefficient (Wildman–Crippen LogP) is -1.78. The Morgan fingerprint density at radius 3 is 2.30 bits per heavy atom. The van der Waals surface area contributed by atoms with Gasteiger partial charge in [0.15, 0.2) is 10.7 Å². The zero-order chi connectivity index (χ0) is 23.1. The number of aromatic amines is 1. The number of hydrogen-bond donors (Lipinski definition) is 7. The summed E-state index contributed by atoms with van der Waals surface area (Å²) in [5.41, 5.74) is -1.80. The molecule has 2 heterocycles. The van der Waals surface area contributed by atoms with E-state index >= 15 is 0 Å². The summed E-state index contributed by atoms with van der Waals surface area (Å²) in [4.78, 5) is 60.2. The number of rotatable bonds is 8. The lowest BCUT2D eigenvalue weighted by molar-refractivity contribution is -0.0602. The minimum atomic E-state index is -5.75. The largest absolute Gasteiger partial charge is 0.490 e. The molecule has 0 amide bonds. The molecule has 0 radical (unpaired) electrons. The topological polar surface area (TPSA) is 264 Å². The summed E-state index contributed by atoms with van der Waals surface area (Å²) in [7, 11) is -16.8. The summed E-state index contributed by atoms with van der Waals surface area (Å²) in [6.07, 6.45) is -4.32. The van der Waals surface area contributed by atoms with Crippen LogP contribution < -0.4 is 11.2 Å². The summed E-state index contributed by atoms with van der Waals surface area (Å²) in [6, 6.07) is 0.902. The number of aromatic nitrogens is 2. The highest BCUT2D eigenvalue weighted by atomic mass is 79.9. The number of phosphoric ester groups is 1.